The minimum Gasteiger partial charge on any atom is -0.335 e. The lowest BCUT2D eigenvalue weighted by Crippen LogP contribution is -2.58. The lowest BCUT2D eigenvalue weighted by atomic mass is 9.75. The molecular weight excluding hydrogens is 334 g/mol. The quantitative estimate of drug-likeness (QED) is 0.759. The third-order valence-corrected chi connectivity index (χ3v) is 6.02. The molecule has 3 heterocycles. The predicted octanol–water partition coefficient (Wildman–Crippen LogP) is 3.87. The van der Waals surface area contributed by atoms with Crippen molar-refractivity contribution < 1.29 is 4.79 Å². The largest absolute Gasteiger partial charge is 0.335 e. The topological polar surface area (TPSA) is 45.2 Å². The van der Waals surface area contributed by atoms with E-state index in [0.717, 1.165) is 22.2 Å². The first-order valence-electron chi connectivity index (χ1n) is 9.23. The Morgan fingerprint density at radius 3 is 2.85 bits per heavy atom. The Labute approximate surface area is 158 Å². The molecule has 1 saturated heterocycles. The molecule has 0 unspecified atom stereocenters. The van der Waals surface area contributed by atoms with E-state index in [1.807, 2.05) is 18.2 Å². The van der Waals surface area contributed by atoms with Crippen molar-refractivity contribution in [3.63, 3.8) is 0 Å². The van der Waals surface area contributed by atoms with Crippen LogP contribution in [0.4, 0.5) is 5.69 Å². The molecule has 0 radical (unpaired) electrons. The highest BCUT2D eigenvalue weighted by Crippen LogP contribution is 2.52. The minimum absolute atomic E-state index is 0.0601. The van der Waals surface area contributed by atoms with Crippen molar-refractivity contribution >= 4 is 28.6 Å². The number of fused-ring (bicyclic) bond motifs is 4. The van der Waals surface area contributed by atoms with Gasteiger partial charge in [-0.15, -0.1) is 0 Å². The van der Waals surface area contributed by atoms with Crippen LogP contribution in [-0.4, -0.2) is 23.1 Å². The van der Waals surface area contributed by atoms with Gasteiger partial charge >= 0.3 is 0 Å². The van der Waals surface area contributed by atoms with Crippen LogP contribution in [0.15, 0.2) is 66.9 Å². The second-order valence-corrected chi connectivity index (χ2v) is 7.83. The number of pyridine rings is 1. The summed E-state index contributed by atoms with van der Waals surface area (Å²) >= 11 is 0. The Balaban J connectivity index is 1.61. The summed E-state index contributed by atoms with van der Waals surface area (Å²) in [5.74, 6) is 0.0601. The van der Waals surface area contributed by atoms with Gasteiger partial charge in [0.05, 0.1) is 12.1 Å². The number of hydrogen-bond donors (Lipinski definition) is 1. The zero-order valence-corrected chi connectivity index (χ0v) is 15.4. The van der Waals surface area contributed by atoms with Crippen molar-refractivity contribution in [1.82, 2.24) is 10.3 Å². The summed E-state index contributed by atoms with van der Waals surface area (Å²) in [5.41, 5.74) is 3.67. The highest BCUT2D eigenvalue weighted by Gasteiger charge is 2.59. The predicted molar refractivity (Wildman–Crippen MR) is 108 cm³/mol. The van der Waals surface area contributed by atoms with Crippen LogP contribution in [0.3, 0.4) is 0 Å². The van der Waals surface area contributed by atoms with Crippen LogP contribution in [0.5, 0.6) is 0 Å². The number of nitrogens with one attached hydrogen (secondary N) is 1. The summed E-state index contributed by atoms with van der Waals surface area (Å²) in [5, 5.41) is 4.37. The first-order chi connectivity index (χ1) is 13.0. The summed E-state index contributed by atoms with van der Waals surface area (Å²) in [6.45, 7) is 4.78. The number of para-hydroxylation sites is 1. The number of rotatable bonds is 2. The third kappa shape index (κ3) is 2.16. The van der Waals surface area contributed by atoms with E-state index in [4.69, 9.17) is 0 Å². The second-order valence-electron chi connectivity index (χ2n) is 7.83. The maximum absolute atomic E-state index is 12.4. The van der Waals surface area contributed by atoms with Gasteiger partial charge in [-0.05, 0) is 41.5 Å². The fourth-order valence-electron chi connectivity index (χ4n) is 4.55. The molecule has 0 aliphatic carbocycles. The zero-order chi connectivity index (χ0) is 18.6. The summed E-state index contributed by atoms with van der Waals surface area (Å²) in [4.78, 5) is 18.9. The monoisotopic (exact) mass is 355 g/mol. The van der Waals surface area contributed by atoms with Gasteiger partial charge in [0, 0.05) is 22.7 Å². The van der Waals surface area contributed by atoms with Crippen LogP contribution in [-0.2, 0) is 10.2 Å². The molecule has 1 amide bonds. The Hall–Kier alpha value is -3.14. The Morgan fingerprint density at radius 2 is 1.96 bits per heavy atom. The molecule has 1 atom stereocenters. The molecule has 3 aromatic rings. The number of anilines is 1. The van der Waals surface area contributed by atoms with Gasteiger partial charge in [-0.1, -0.05) is 50.3 Å². The molecule has 2 aromatic carbocycles. The maximum Gasteiger partial charge on any atom is 0.241 e. The van der Waals surface area contributed by atoms with Crippen LogP contribution >= 0.6 is 0 Å². The number of carbonyl (C=O) groups is 1. The number of aromatic nitrogens is 1. The Bertz CT molecular complexity index is 1100. The van der Waals surface area contributed by atoms with Gasteiger partial charge in [-0.25, -0.2) is 0 Å². The molecule has 1 fully saturated rings. The molecule has 0 bridgehead atoms. The molecule has 2 aliphatic heterocycles. The molecule has 134 valence electrons. The molecule has 0 saturated carbocycles. The maximum atomic E-state index is 12.4. The van der Waals surface area contributed by atoms with Crippen LogP contribution in [0.2, 0.25) is 0 Å². The number of benzene rings is 2. The molecule has 1 aromatic heterocycles. The standard InChI is InChI=1S/C23H21N3O/c1-22(2)18-7-3-4-8-20(18)26-15-21(27)25-23(22,26)12-11-16-9-10-19-17(14-16)6-5-13-24-19/h3-14H,15H2,1-2H3,(H,25,27)/t23-/m0/s1. The smallest absolute Gasteiger partial charge is 0.241 e. The van der Waals surface area contributed by atoms with Crippen LogP contribution in [0, 0.1) is 0 Å². The molecule has 5 rings (SSSR count). The van der Waals surface area contributed by atoms with Crippen LogP contribution in [0.25, 0.3) is 17.0 Å². The molecule has 2 aliphatic rings. The molecule has 4 heteroatoms. The zero-order valence-electron chi connectivity index (χ0n) is 15.4. The third-order valence-electron chi connectivity index (χ3n) is 6.02. The first kappa shape index (κ1) is 16.1. The number of amides is 1. The molecule has 4 nitrogen and oxygen atoms in total. The highest BCUT2D eigenvalue weighted by molar-refractivity contribution is 5.92. The van der Waals surface area contributed by atoms with Crippen molar-refractivity contribution in [3.8, 4) is 0 Å². The van der Waals surface area contributed by atoms with E-state index in [-0.39, 0.29) is 11.3 Å². The Morgan fingerprint density at radius 1 is 1.11 bits per heavy atom. The minimum atomic E-state index is -0.558. The lowest BCUT2D eigenvalue weighted by molar-refractivity contribution is -0.118. The van der Waals surface area contributed by atoms with E-state index in [0.29, 0.717) is 6.54 Å². The van der Waals surface area contributed by atoms with Gasteiger partial charge in [-0.2, -0.15) is 0 Å². The van der Waals surface area contributed by atoms with E-state index in [1.165, 1.54) is 5.56 Å². The molecular formula is C23H21N3O. The van der Waals surface area contributed by atoms with Gasteiger partial charge in [0.25, 0.3) is 0 Å². The van der Waals surface area contributed by atoms with Crippen molar-refractivity contribution in [2.75, 3.05) is 11.4 Å². The van der Waals surface area contributed by atoms with E-state index < -0.39 is 5.66 Å². The molecule has 1 N–H and O–H groups in total. The lowest BCUT2D eigenvalue weighted by Gasteiger charge is -2.40. The van der Waals surface area contributed by atoms with Gasteiger partial charge in [0.2, 0.25) is 5.91 Å². The van der Waals surface area contributed by atoms with Gasteiger partial charge in [-0.3, -0.25) is 9.78 Å². The summed E-state index contributed by atoms with van der Waals surface area (Å²) in [6.07, 6.45) is 6.06. The number of carbonyl (C=O) groups excluding carboxylic acids is 1. The average Bonchev–Trinajstić information content (AvgIpc) is 3.11. The first-order valence-corrected chi connectivity index (χ1v) is 9.23. The number of hydrogen-bond acceptors (Lipinski definition) is 3. The van der Waals surface area contributed by atoms with Crippen LogP contribution < -0.4 is 10.2 Å². The van der Waals surface area contributed by atoms with Crippen molar-refractivity contribution in [1.29, 1.82) is 0 Å². The molecule has 27 heavy (non-hydrogen) atoms. The SMILES string of the molecule is CC1(C)c2ccccc2N2CC(=O)N[C@@]21C=Cc1ccc2ncccc2c1. The van der Waals surface area contributed by atoms with Gasteiger partial charge in [0.1, 0.15) is 5.66 Å². The Kier molecular flexibility index (Phi) is 3.23. The summed E-state index contributed by atoms with van der Waals surface area (Å²) < 4.78 is 0. The van der Waals surface area contributed by atoms with Crippen molar-refractivity contribution in [3.05, 3.63) is 78.0 Å². The van der Waals surface area contributed by atoms with Gasteiger partial charge < -0.3 is 10.2 Å². The fraction of sp³-hybridized carbons (Fsp3) is 0.217. The van der Waals surface area contributed by atoms with E-state index in [1.54, 1.807) is 6.20 Å². The highest BCUT2D eigenvalue weighted by atomic mass is 16.2. The fourth-order valence-corrected chi connectivity index (χ4v) is 4.55. The average molecular weight is 355 g/mol. The summed E-state index contributed by atoms with van der Waals surface area (Å²) in [6, 6.07) is 18.6. The van der Waals surface area contributed by atoms with E-state index in [9.17, 15) is 4.79 Å². The molecule has 0 spiro atoms. The van der Waals surface area contributed by atoms with Crippen molar-refractivity contribution in [2.45, 2.75) is 24.9 Å². The van der Waals surface area contributed by atoms with Gasteiger partial charge in [0.15, 0.2) is 0 Å². The second kappa shape index (κ2) is 5.43. The number of nitrogens with zero attached hydrogens (tertiary/aromatic N) is 2. The normalized spacial score (nSPS) is 22.9. The van der Waals surface area contributed by atoms with Crippen LogP contribution in [0.1, 0.15) is 25.0 Å². The van der Waals surface area contributed by atoms with E-state index >= 15 is 0 Å². The van der Waals surface area contributed by atoms with E-state index in [2.05, 4.69) is 77.6 Å². The van der Waals surface area contributed by atoms with Crippen molar-refractivity contribution in [2.24, 2.45) is 0 Å². The summed E-state index contributed by atoms with van der Waals surface area (Å²) in [7, 11) is 0.